The highest BCUT2D eigenvalue weighted by Gasteiger charge is 2.17. The van der Waals surface area contributed by atoms with E-state index in [1.54, 1.807) is 12.1 Å². The number of hydrogen-bond acceptors (Lipinski definition) is 4. The van der Waals surface area contributed by atoms with E-state index in [-0.39, 0.29) is 18.1 Å². The zero-order valence-electron chi connectivity index (χ0n) is 14.1. The van der Waals surface area contributed by atoms with E-state index in [1.165, 1.54) is 6.07 Å². The fourth-order valence-corrected chi connectivity index (χ4v) is 2.66. The number of nitrogens with one attached hydrogen (secondary N) is 1. The lowest BCUT2D eigenvalue weighted by Gasteiger charge is -2.11. The third-order valence-electron chi connectivity index (χ3n) is 3.50. The molecule has 1 N–H and O–H groups in total. The van der Waals surface area contributed by atoms with E-state index in [2.05, 4.69) is 26.0 Å². The zero-order chi connectivity index (χ0) is 20.1. The van der Waals surface area contributed by atoms with E-state index in [1.807, 2.05) is 18.2 Å². The van der Waals surface area contributed by atoms with Gasteiger partial charge in [-0.3, -0.25) is 4.79 Å². The Labute approximate surface area is 166 Å². The monoisotopic (exact) mass is 455 g/mol. The molecule has 0 aliphatic rings. The van der Waals surface area contributed by atoms with Crippen molar-refractivity contribution in [1.82, 2.24) is 0 Å². The number of hydrogen-bond donors (Lipinski definition) is 1. The summed E-state index contributed by atoms with van der Waals surface area (Å²) in [6, 6.07) is 13.1. The normalized spacial score (nSPS) is 10.8. The van der Waals surface area contributed by atoms with Crippen LogP contribution in [0.4, 0.5) is 18.9 Å². The molecule has 3 aromatic rings. The maximum Gasteiger partial charge on any atom is 0.387 e. The van der Waals surface area contributed by atoms with Gasteiger partial charge in [0.2, 0.25) is 0 Å². The van der Waals surface area contributed by atoms with E-state index in [4.69, 9.17) is 9.15 Å². The fourth-order valence-electron chi connectivity index (χ4n) is 2.27. The first-order valence-corrected chi connectivity index (χ1v) is 8.73. The minimum atomic E-state index is -3.16. The number of halogens is 4. The molecule has 9 heteroatoms. The van der Waals surface area contributed by atoms with Gasteiger partial charge in [0.15, 0.2) is 11.5 Å². The molecule has 0 aliphatic carbocycles. The molecule has 1 heterocycles. The molecule has 0 radical (unpaired) electrons. The van der Waals surface area contributed by atoms with Gasteiger partial charge >= 0.3 is 6.61 Å². The summed E-state index contributed by atoms with van der Waals surface area (Å²) in [4.78, 5) is 12.3. The van der Waals surface area contributed by atoms with Crippen LogP contribution in [0.5, 0.6) is 11.5 Å². The Balaban J connectivity index is 1.67. The van der Waals surface area contributed by atoms with Gasteiger partial charge < -0.3 is 19.2 Å². The molecule has 0 saturated heterocycles. The summed E-state index contributed by atoms with van der Waals surface area (Å²) in [6.07, 6.45) is 0. The quantitative estimate of drug-likeness (QED) is 0.502. The Morgan fingerprint density at radius 2 is 1.89 bits per heavy atom. The summed E-state index contributed by atoms with van der Waals surface area (Å²) in [7, 11) is 0. The summed E-state index contributed by atoms with van der Waals surface area (Å²) in [5, 5.41) is 2.35. The standard InChI is InChI=1S/C19H13BrF3NO4/c20-13-3-1-2-4-15(13)26-10-12-6-8-16(27-12)18(25)24-14-7-5-11(21)9-17(14)28-19(22)23/h1-9,19H,10H2,(H,24,25). The first kappa shape index (κ1) is 19.8. The number of alkyl halides is 2. The first-order chi connectivity index (χ1) is 13.4. The number of amides is 1. The minimum absolute atomic E-state index is 0.0713. The lowest BCUT2D eigenvalue weighted by molar-refractivity contribution is -0.0495. The predicted molar refractivity (Wildman–Crippen MR) is 98.2 cm³/mol. The van der Waals surface area contributed by atoms with Crippen LogP contribution >= 0.6 is 15.9 Å². The van der Waals surface area contributed by atoms with Crippen molar-refractivity contribution in [2.24, 2.45) is 0 Å². The second-order valence-electron chi connectivity index (χ2n) is 5.46. The van der Waals surface area contributed by atoms with Gasteiger partial charge in [-0.2, -0.15) is 8.78 Å². The van der Waals surface area contributed by atoms with Crippen LogP contribution in [0.1, 0.15) is 16.3 Å². The van der Waals surface area contributed by atoms with E-state index in [0.29, 0.717) is 11.5 Å². The molecular weight excluding hydrogens is 443 g/mol. The predicted octanol–water partition coefficient (Wildman–Crippen LogP) is 5.61. The number of carbonyl (C=O) groups excluding carboxylic acids is 1. The molecular formula is C19H13BrF3NO4. The van der Waals surface area contributed by atoms with Gasteiger partial charge in [0.1, 0.15) is 23.9 Å². The van der Waals surface area contributed by atoms with Crippen LogP contribution in [0.25, 0.3) is 0 Å². The molecule has 1 amide bonds. The highest BCUT2D eigenvalue weighted by Crippen LogP contribution is 2.28. The van der Waals surface area contributed by atoms with E-state index in [9.17, 15) is 18.0 Å². The summed E-state index contributed by atoms with van der Waals surface area (Å²) in [6.45, 7) is -3.09. The number of ether oxygens (including phenoxy) is 2. The molecule has 3 rings (SSSR count). The van der Waals surface area contributed by atoms with Crippen molar-refractivity contribution >= 4 is 27.5 Å². The average Bonchev–Trinajstić information content (AvgIpc) is 3.12. The van der Waals surface area contributed by atoms with Gasteiger partial charge in [-0.25, -0.2) is 4.39 Å². The van der Waals surface area contributed by atoms with Crippen molar-refractivity contribution in [3.8, 4) is 11.5 Å². The highest BCUT2D eigenvalue weighted by atomic mass is 79.9. The van der Waals surface area contributed by atoms with Crippen molar-refractivity contribution < 1.29 is 31.9 Å². The van der Waals surface area contributed by atoms with E-state index in [0.717, 1.165) is 22.7 Å². The van der Waals surface area contributed by atoms with Crippen LogP contribution in [0, 0.1) is 5.82 Å². The molecule has 2 aromatic carbocycles. The summed E-state index contributed by atoms with van der Waals surface area (Å²) >= 11 is 3.35. The van der Waals surface area contributed by atoms with Gasteiger partial charge in [-0.15, -0.1) is 0 Å². The van der Waals surface area contributed by atoms with Gasteiger partial charge in [-0.05, 0) is 52.3 Å². The van der Waals surface area contributed by atoms with Crippen LogP contribution in [-0.4, -0.2) is 12.5 Å². The van der Waals surface area contributed by atoms with E-state index >= 15 is 0 Å². The Morgan fingerprint density at radius 3 is 2.64 bits per heavy atom. The number of rotatable bonds is 7. The number of benzene rings is 2. The van der Waals surface area contributed by atoms with Gasteiger partial charge in [0.25, 0.3) is 5.91 Å². The average molecular weight is 456 g/mol. The second-order valence-corrected chi connectivity index (χ2v) is 6.31. The van der Waals surface area contributed by atoms with E-state index < -0.39 is 24.1 Å². The minimum Gasteiger partial charge on any atom is -0.484 e. The largest absolute Gasteiger partial charge is 0.484 e. The molecule has 28 heavy (non-hydrogen) atoms. The van der Waals surface area contributed by atoms with Gasteiger partial charge in [-0.1, -0.05) is 12.1 Å². The molecule has 0 atom stereocenters. The molecule has 0 saturated carbocycles. The number of furan rings is 1. The maximum atomic E-state index is 13.2. The van der Waals surface area contributed by atoms with Crippen LogP contribution in [0.2, 0.25) is 0 Å². The van der Waals surface area contributed by atoms with Crippen LogP contribution in [-0.2, 0) is 6.61 Å². The third kappa shape index (κ3) is 5.07. The van der Waals surface area contributed by atoms with Gasteiger partial charge in [0, 0.05) is 6.07 Å². The first-order valence-electron chi connectivity index (χ1n) is 7.94. The van der Waals surface area contributed by atoms with Crippen molar-refractivity contribution in [3.05, 3.63) is 76.4 Å². The SMILES string of the molecule is O=C(Nc1ccc(F)cc1OC(F)F)c1ccc(COc2ccccc2Br)o1. The molecule has 0 spiro atoms. The molecule has 0 fully saturated rings. The molecule has 146 valence electrons. The lowest BCUT2D eigenvalue weighted by Crippen LogP contribution is -2.13. The van der Waals surface area contributed by atoms with Crippen molar-refractivity contribution in [2.45, 2.75) is 13.2 Å². The Morgan fingerprint density at radius 1 is 1.11 bits per heavy atom. The Bertz CT molecular complexity index is 977. The zero-order valence-corrected chi connectivity index (χ0v) is 15.7. The van der Waals surface area contributed by atoms with Crippen LogP contribution < -0.4 is 14.8 Å². The fraction of sp³-hybridized carbons (Fsp3) is 0.105. The molecule has 5 nitrogen and oxygen atoms in total. The summed E-state index contributed by atoms with van der Waals surface area (Å²) in [5.74, 6) is -1.07. The Hall–Kier alpha value is -2.94. The van der Waals surface area contributed by atoms with Crippen molar-refractivity contribution in [1.29, 1.82) is 0 Å². The molecule has 1 aromatic heterocycles. The lowest BCUT2D eigenvalue weighted by atomic mass is 10.2. The maximum absolute atomic E-state index is 13.2. The third-order valence-corrected chi connectivity index (χ3v) is 4.16. The van der Waals surface area contributed by atoms with Crippen molar-refractivity contribution in [2.75, 3.05) is 5.32 Å². The molecule has 0 aliphatic heterocycles. The van der Waals surface area contributed by atoms with Crippen LogP contribution in [0.15, 0.2) is 63.5 Å². The van der Waals surface area contributed by atoms with Crippen molar-refractivity contribution in [3.63, 3.8) is 0 Å². The van der Waals surface area contributed by atoms with Gasteiger partial charge in [0.05, 0.1) is 10.2 Å². The summed E-state index contributed by atoms with van der Waals surface area (Å²) in [5.41, 5.74) is -0.117. The number of carbonyl (C=O) groups is 1. The Kier molecular flexibility index (Phi) is 6.25. The second kappa shape index (κ2) is 8.83. The van der Waals surface area contributed by atoms with Crippen LogP contribution in [0.3, 0.4) is 0 Å². The topological polar surface area (TPSA) is 60.7 Å². The molecule has 0 bridgehead atoms. The number of anilines is 1. The summed E-state index contributed by atoms with van der Waals surface area (Å²) < 4.78 is 54.1. The number of para-hydroxylation sites is 1. The highest BCUT2D eigenvalue weighted by molar-refractivity contribution is 9.10. The smallest absolute Gasteiger partial charge is 0.387 e. The molecule has 0 unspecified atom stereocenters.